The van der Waals surface area contributed by atoms with E-state index in [1.165, 1.54) is 75.5 Å². The van der Waals surface area contributed by atoms with Crippen LogP contribution in [0.25, 0.3) is 47.6 Å². The summed E-state index contributed by atoms with van der Waals surface area (Å²) in [5.41, 5.74) is 13.5. The lowest BCUT2D eigenvalue weighted by Crippen LogP contribution is -2.29. The molecule has 1 nitrogen and oxygen atoms in total. The Morgan fingerprint density at radius 3 is 1.84 bits per heavy atom. The van der Waals surface area contributed by atoms with Gasteiger partial charge in [0.1, 0.15) is 0 Å². The first-order valence-electron chi connectivity index (χ1n) is 19.2. The van der Waals surface area contributed by atoms with Crippen molar-refractivity contribution in [3.05, 3.63) is 228 Å². The zero-order chi connectivity index (χ0) is 36.3. The topological polar surface area (TPSA) is 3.24 Å². The summed E-state index contributed by atoms with van der Waals surface area (Å²) in [4.78, 5) is 2.37. The molecule has 11 rings (SSSR count). The van der Waals surface area contributed by atoms with Crippen molar-refractivity contribution in [2.24, 2.45) is 0 Å². The Morgan fingerprint density at radius 2 is 1.05 bits per heavy atom. The molecule has 1 unspecified atom stereocenters. The fraction of sp³-hybridized carbons (Fsp3) is 0.0566. The standard InChI is InChI=1S/C53H37NS/c1-3-14-36(15-4-1)37-26-30-42(31-27-37)54(41-18-5-2-6-19-41)43-32-28-40(29-33-43)53(49-24-13-22-46-45-21-10-12-25-51(45)55-52(46)49)48-23-11-9-20-44(48)47-34-38-16-7-8-17-39(38)35-50(47)53/h1-8,10,12-35H,9,11H2. The van der Waals surface area contributed by atoms with Crippen molar-refractivity contribution >= 4 is 64.9 Å². The summed E-state index contributed by atoms with van der Waals surface area (Å²) in [6, 6.07) is 69.5. The Morgan fingerprint density at radius 1 is 0.455 bits per heavy atom. The van der Waals surface area contributed by atoms with Gasteiger partial charge in [0.15, 0.2) is 0 Å². The summed E-state index contributed by atoms with van der Waals surface area (Å²) in [5.74, 6) is 0. The highest BCUT2D eigenvalue weighted by Gasteiger charge is 2.49. The minimum absolute atomic E-state index is 0.487. The monoisotopic (exact) mass is 719 g/mol. The zero-order valence-electron chi connectivity index (χ0n) is 30.3. The van der Waals surface area contributed by atoms with Crippen molar-refractivity contribution < 1.29 is 0 Å². The quantitative estimate of drug-likeness (QED) is 0.165. The minimum atomic E-state index is -0.487. The predicted octanol–water partition coefficient (Wildman–Crippen LogP) is 14.8. The molecule has 0 radical (unpaired) electrons. The van der Waals surface area contributed by atoms with Crippen LogP contribution in [0.15, 0.2) is 206 Å². The molecule has 0 bridgehead atoms. The van der Waals surface area contributed by atoms with Gasteiger partial charge in [0.05, 0.1) is 5.41 Å². The molecule has 0 aliphatic heterocycles. The Balaban J connectivity index is 1.14. The number of allylic oxidation sites excluding steroid dienone is 4. The molecule has 0 saturated heterocycles. The van der Waals surface area contributed by atoms with Gasteiger partial charge in [-0.15, -0.1) is 11.3 Å². The van der Waals surface area contributed by atoms with E-state index in [2.05, 4.69) is 205 Å². The molecule has 0 spiro atoms. The van der Waals surface area contributed by atoms with Crippen LogP contribution in [0.2, 0.25) is 0 Å². The van der Waals surface area contributed by atoms with E-state index in [1.54, 1.807) is 0 Å². The fourth-order valence-corrected chi connectivity index (χ4v) is 10.6. The summed E-state index contributed by atoms with van der Waals surface area (Å²) >= 11 is 1.93. The number of hydrogen-bond acceptors (Lipinski definition) is 2. The molecule has 0 amide bonds. The second-order valence-electron chi connectivity index (χ2n) is 14.7. The number of para-hydroxylation sites is 1. The van der Waals surface area contributed by atoms with Crippen LogP contribution >= 0.6 is 11.3 Å². The number of thiophene rings is 1. The summed E-state index contributed by atoms with van der Waals surface area (Å²) in [6.07, 6.45) is 7.14. The van der Waals surface area contributed by atoms with Crippen molar-refractivity contribution in [2.75, 3.05) is 4.90 Å². The lowest BCUT2D eigenvalue weighted by Gasteiger charge is -2.36. The lowest BCUT2D eigenvalue weighted by atomic mass is 9.66. The van der Waals surface area contributed by atoms with Gasteiger partial charge >= 0.3 is 0 Å². The SMILES string of the molecule is C1=C2C(=CCC1)C(c1ccc(N(c3ccccc3)c3ccc(-c4ccccc4)cc3)cc1)(c1cccc3c1sc1ccccc13)c1cc3ccccc3cc12. The summed E-state index contributed by atoms with van der Waals surface area (Å²) in [7, 11) is 0. The second kappa shape index (κ2) is 12.8. The lowest BCUT2D eigenvalue weighted by molar-refractivity contribution is 0.768. The van der Waals surface area contributed by atoms with Crippen LogP contribution in [0.1, 0.15) is 35.1 Å². The van der Waals surface area contributed by atoms with Crippen molar-refractivity contribution in [3.8, 4) is 11.1 Å². The number of fused-ring (bicyclic) bond motifs is 7. The van der Waals surface area contributed by atoms with E-state index >= 15 is 0 Å². The third kappa shape index (κ3) is 4.99. The minimum Gasteiger partial charge on any atom is -0.311 e. The largest absolute Gasteiger partial charge is 0.311 e. The van der Waals surface area contributed by atoms with Crippen LogP contribution in [0.4, 0.5) is 17.1 Å². The number of hydrogen-bond donors (Lipinski definition) is 0. The van der Waals surface area contributed by atoms with Gasteiger partial charge in [-0.3, -0.25) is 0 Å². The van der Waals surface area contributed by atoms with Crippen LogP contribution in [0.3, 0.4) is 0 Å². The normalized spacial score (nSPS) is 16.1. The van der Waals surface area contributed by atoms with Gasteiger partial charge in [0, 0.05) is 37.2 Å². The number of nitrogens with zero attached hydrogens (tertiary/aromatic N) is 1. The highest BCUT2D eigenvalue weighted by molar-refractivity contribution is 7.26. The molecule has 0 fully saturated rings. The van der Waals surface area contributed by atoms with Gasteiger partial charge in [-0.1, -0.05) is 146 Å². The molecule has 55 heavy (non-hydrogen) atoms. The Hall–Kier alpha value is -6.48. The zero-order valence-corrected chi connectivity index (χ0v) is 31.1. The summed E-state index contributed by atoms with van der Waals surface area (Å²) in [5, 5.41) is 5.23. The second-order valence-corrected chi connectivity index (χ2v) is 15.8. The molecular formula is C53H37NS. The van der Waals surface area contributed by atoms with E-state index in [0.29, 0.717) is 0 Å². The molecule has 8 aromatic carbocycles. The van der Waals surface area contributed by atoms with E-state index in [4.69, 9.17) is 0 Å². The number of benzene rings is 8. The molecule has 2 aliphatic carbocycles. The number of anilines is 3. The highest BCUT2D eigenvalue weighted by atomic mass is 32.1. The average Bonchev–Trinajstić information content (AvgIpc) is 3.78. The van der Waals surface area contributed by atoms with Crippen LogP contribution in [-0.4, -0.2) is 0 Å². The maximum absolute atomic E-state index is 2.55. The van der Waals surface area contributed by atoms with Crippen LogP contribution in [0.5, 0.6) is 0 Å². The Labute approximate surface area is 325 Å². The van der Waals surface area contributed by atoms with Gasteiger partial charge in [0.2, 0.25) is 0 Å². The molecular weight excluding hydrogens is 683 g/mol. The molecule has 1 aromatic heterocycles. The molecule has 1 heterocycles. The Bertz CT molecular complexity index is 2950. The molecule has 9 aromatic rings. The van der Waals surface area contributed by atoms with Crippen LogP contribution < -0.4 is 4.90 Å². The van der Waals surface area contributed by atoms with E-state index in [1.807, 2.05) is 11.3 Å². The maximum Gasteiger partial charge on any atom is 0.0724 e. The van der Waals surface area contributed by atoms with Crippen molar-refractivity contribution in [1.82, 2.24) is 0 Å². The van der Waals surface area contributed by atoms with Gasteiger partial charge in [-0.05, 0) is 123 Å². The van der Waals surface area contributed by atoms with Crippen molar-refractivity contribution in [1.29, 1.82) is 0 Å². The first kappa shape index (κ1) is 32.0. The molecule has 1 atom stereocenters. The maximum atomic E-state index is 2.55. The van der Waals surface area contributed by atoms with Gasteiger partial charge < -0.3 is 4.90 Å². The van der Waals surface area contributed by atoms with Crippen molar-refractivity contribution in [2.45, 2.75) is 18.3 Å². The van der Waals surface area contributed by atoms with E-state index in [9.17, 15) is 0 Å². The third-order valence-corrected chi connectivity index (χ3v) is 13.0. The van der Waals surface area contributed by atoms with Crippen molar-refractivity contribution in [3.63, 3.8) is 0 Å². The van der Waals surface area contributed by atoms with E-state index < -0.39 is 5.41 Å². The molecule has 0 N–H and O–H groups in total. The fourth-order valence-electron chi connectivity index (χ4n) is 9.32. The average molecular weight is 720 g/mol. The van der Waals surface area contributed by atoms with Gasteiger partial charge in [-0.2, -0.15) is 0 Å². The van der Waals surface area contributed by atoms with Crippen LogP contribution in [-0.2, 0) is 5.41 Å². The molecule has 0 saturated carbocycles. The number of rotatable bonds is 6. The van der Waals surface area contributed by atoms with E-state index in [-0.39, 0.29) is 0 Å². The predicted molar refractivity (Wildman–Crippen MR) is 235 cm³/mol. The summed E-state index contributed by atoms with van der Waals surface area (Å²) < 4.78 is 2.70. The van der Waals surface area contributed by atoms with Gasteiger partial charge in [0.25, 0.3) is 0 Å². The summed E-state index contributed by atoms with van der Waals surface area (Å²) in [6.45, 7) is 0. The van der Waals surface area contributed by atoms with Gasteiger partial charge in [-0.25, -0.2) is 0 Å². The Kier molecular flexibility index (Phi) is 7.46. The molecule has 2 heteroatoms. The van der Waals surface area contributed by atoms with Crippen LogP contribution in [0, 0.1) is 0 Å². The molecule has 260 valence electrons. The first-order chi connectivity index (χ1) is 27.3. The first-order valence-corrected chi connectivity index (χ1v) is 20.1. The smallest absolute Gasteiger partial charge is 0.0724 e. The molecule has 2 aliphatic rings. The third-order valence-electron chi connectivity index (χ3n) is 11.8. The van der Waals surface area contributed by atoms with E-state index in [0.717, 1.165) is 29.9 Å². The highest BCUT2D eigenvalue weighted by Crippen LogP contribution is 2.61.